The second kappa shape index (κ2) is 7.93. The predicted molar refractivity (Wildman–Crippen MR) is 97.0 cm³/mol. The first-order valence-electron chi connectivity index (χ1n) is 8.93. The van der Waals surface area contributed by atoms with E-state index in [1.807, 2.05) is 6.07 Å². The lowest BCUT2D eigenvalue weighted by molar-refractivity contribution is -0.150. The number of likely N-dealkylation sites (tertiary alicyclic amines) is 1. The number of hydrogen-bond donors (Lipinski definition) is 0. The SMILES string of the molecule is CCOC(=O)[C@@H]1CN(C(=O)OC(C)(C)C)CC[C@H]1c1ccn(C)c(=O)c1. The van der Waals surface area contributed by atoms with Crippen LogP contribution in [-0.4, -0.2) is 46.8 Å². The minimum absolute atomic E-state index is 0.125. The number of nitrogens with zero attached hydrogens (tertiary/aromatic N) is 2. The third-order valence-electron chi connectivity index (χ3n) is 4.41. The van der Waals surface area contributed by atoms with Crippen LogP contribution in [0.4, 0.5) is 4.79 Å². The molecule has 0 radical (unpaired) electrons. The topological polar surface area (TPSA) is 77.8 Å². The Labute approximate surface area is 153 Å². The van der Waals surface area contributed by atoms with Crippen LogP contribution < -0.4 is 5.56 Å². The largest absolute Gasteiger partial charge is 0.466 e. The molecule has 2 atom stereocenters. The van der Waals surface area contributed by atoms with E-state index in [0.29, 0.717) is 13.0 Å². The molecule has 26 heavy (non-hydrogen) atoms. The molecular formula is C19H28N2O5. The van der Waals surface area contributed by atoms with Gasteiger partial charge in [0.1, 0.15) is 5.60 Å². The zero-order valence-electron chi connectivity index (χ0n) is 16.2. The van der Waals surface area contributed by atoms with Crippen LogP contribution in [0, 0.1) is 5.92 Å². The van der Waals surface area contributed by atoms with E-state index in [0.717, 1.165) is 5.56 Å². The molecule has 1 amide bonds. The van der Waals surface area contributed by atoms with Crippen LogP contribution in [-0.2, 0) is 21.3 Å². The van der Waals surface area contributed by atoms with Crippen LogP contribution in [0.25, 0.3) is 0 Å². The zero-order valence-corrected chi connectivity index (χ0v) is 16.2. The second-order valence-corrected chi connectivity index (χ2v) is 7.59. The molecule has 1 aromatic heterocycles. The summed E-state index contributed by atoms with van der Waals surface area (Å²) in [5.41, 5.74) is 0.0774. The van der Waals surface area contributed by atoms with Crippen molar-refractivity contribution in [2.24, 2.45) is 13.0 Å². The summed E-state index contributed by atoms with van der Waals surface area (Å²) in [4.78, 5) is 38.4. The molecule has 1 aliphatic heterocycles. The van der Waals surface area contributed by atoms with Crippen molar-refractivity contribution in [3.05, 3.63) is 34.2 Å². The van der Waals surface area contributed by atoms with Gasteiger partial charge in [0.15, 0.2) is 0 Å². The molecule has 0 bridgehead atoms. The first-order valence-corrected chi connectivity index (χ1v) is 8.93. The smallest absolute Gasteiger partial charge is 0.410 e. The Morgan fingerprint density at radius 2 is 2.00 bits per heavy atom. The van der Waals surface area contributed by atoms with Crippen molar-refractivity contribution in [2.75, 3.05) is 19.7 Å². The number of carbonyl (C=O) groups is 2. The van der Waals surface area contributed by atoms with E-state index in [9.17, 15) is 14.4 Å². The maximum absolute atomic E-state index is 12.5. The van der Waals surface area contributed by atoms with Crippen LogP contribution in [0.1, 0.15) is 45.6 Å². The lowest BCUT2D eigenvalue weighted by atomic mass is 9.81. The fraction of sp³-hybridized carbons (Fsp3) is 0.632. The number of ether oxygens (including phenoxy) is 2. The van der Waals surface area contributed by atoms with Crippen molar-refractivity contribution in [2.45, 2.75) is 45.6 Å². The number of pyridine rings is 1. The maximum Gasteiger partial charge on any atom is 0.410 e. The molecule has 0 spiro atoms. The molecule has 1 aliphatic rings. The molecule has 0 aliphatic carbocycles. The Balaban J connectivity index is 2.24. The highest BCUT2D eigenvalue weighted by molar-refractivity contribution is 5.76. The Hall–Kier alpha value is -2.31. The number of esters is 1. The van der Waals surface area contributed by atoms with Gasteiger partial charge in [0.25, 0.3) is 5.56 Å². The van der Waals surface area contributed by atoms with Gasteiger partial charge < -0.3 is 18.9 Å². The van der Waals surface area contributed by atoms with Gasteiger partial charge in [0, 0.05) is 38.3 Å². The Kier molecular flexibility index (Phi) is 6.10. The summed E-state index contributed by atoms with van der Waals surface area (Å²) in [6.07, 6.45) is 1.82. The van der Waals surface area contributed by atoms with Gasteiger partial charge >= 0.3 is 12.1 Å². The average molecular weight is 364 g/mol. The molecule has 7 nitrogen and oxygen atoms in total. The first-order chi connectivity index (χ1) is 12.1. The van der Waals surface area contributed by atoms with E-state index in [-0.39, 0.29) is 30.6 Å². The number of rotatable bonds is 3. The molecule has 7 heteroatoms. The highest BCUT2D eigenvalue weighted by Gasteiger charge is 2.39. The molecule has 2 heterocycles. The van der Waals surface area contributed by atoms with E-state index < -0.39 is 17.6 Å². The average Bonchev–Trinajstić information content (AvgIpc) is 2.55. The van der Waals surface area contributed by atoms with Crippen molar-refractivity contribution in [3.8, 4) is 0 Å². The van der Waals surface area contributed by atoms with Gasteiger partial charge in [-0.15, -0.1) is 0 Å². The Bertz CT molecular complexity index is 719. The molecule has 0 aromatic carbocycles. The monoisotopic (exact) mass is 364 g/mol. The minimum Gasteiger partial charge on any atom is -0.466 e. The molecule has 1 saturated heterocycles. The normalized spacial score (nSPS) is 20.6. The van der Waals surface area contributed by atoms with E-state index in [1.54, 1.807) is 51.9 Å². The lowest BCUT2D eigenvalue weighted by Gasteiger charge is -2.38. The number of carbonyl (C=O) groups excluding carboxylic acids is 2. The standard InChI is InChI=1S/C19H28N2O5/c1-6-25-17(23)15-12-21(18(24)26-19(2,3)4)10-8-14(15)13-7-9-20(5)16(22)11-13/h7,9,11,14-15H,6,8,10,12H2,1-5H3/t14-,15+/m0/s1. The summed E-state index contributed by atoms with van der Waals surface area (Å²) >= 11 is 0. The van der Waals surface area contributed by atoms with E-state index in [2.05, 4.69) is 0 Å². The quantitative estimate of drug-likeness (QED) is 0.769. The highest BCUT2D eigenvalue weighted by atomic mass is 16.6. The molecule has 0 saturated carbocycles. The van der Waals surface area contributed by atoms with Crippen molar-refractivity contribution in [1.29, 1.82) is 0 Å². The van der Waals surface area contributed by atoms with Gasteiger partial charge in [-0.05, 0) is 45.7 Å². The summed E-state index contributed by atoms with van der Waals surface area (Å²) in [7, 11) is 1.68. The summed E-state index contributed by atoms with van der Waals surface area (Å²) in [5.74, 6) is -1.05. The van der Waals surface area contributed by atoms with Crippen molar-refractivity contribution >= 4 is 12.1 Å². The van der Waals surface area contributed by atoms with Gasteiger partial charge in [-0.1, -0.05) is 0 Å². The third-order valence-corrected chi connectivity index (χ3v) is 4.41. The van der Waals surface area contributed by atoms with Crippen LogP contribution in [0.3, 0.4) is 0 Å². The molecule has 1 aromatic rings. The first kappa shape index (κ1) is 20.0. The van der Waals surface area contributed by atoms with Gasteiger partial charge in [-0.2, -0.15) is 0 Å². The van der Waals surface area contributed by atoms with Crippen LogP contribution in [0.2, 0.25) is 0 Å². The molecule has 2 rings (SSSR count). The Morgan fingerprint density at radius 3 is 2.58 bits per heavy atom. The van der Waals surface area contributed by atoms with Crippen molar-refractivity contribution in [3.63, 3.8) is 0 Å². The third kappa shape index (κ3) is 4.86. The fourth-order valence-electron chi connectivity index (χ4n) is 3.13. The van der Waals surface area contributed by atoms with E-state index in [1.165, 1.54) is 4.57 Å². The van der Waals surface area contributed by atoms with E-state index >= 15 is 0 Å². The summed E-state index contributed by atoms with van der Waals surface area (Å²) in [5, 5.41) is 0. The van der Waals surface area contributed by atoms with Gasteiger partial charge in [0.05, 0.1) is 12.5 Å². The number of aromatic nitrogens is 1. The second-order valence-electron chi connectivity index (χ2n) is 7.59. The maximum atomic E-state index is 12.5. The highest BCUT2D eigenvalue weighted by Crippen LogP contribution is 2.34. The molecule has 1 fully saturated rings. The van der Waals surface area contributed by atoms with Gasteiger partial charge in [-0.25, -0.2) is 4.79 Å². The van der Waals surface area contributed by atoms with Crippen molar-refractivity contribution < 1.29 is 19.1 Å². The predicted octanol–water partition coefficient (Wildman–Crippen LogP) is 2.29. The Morgan fingerprint density at radius 1 is 1.31 bits per heavy atom. The number of aryl methyl sites for hydroxylation is 1. The number of piperidine rings is 1. The van der Waals surface area contributed by atoms with E-state index in [4.69, 9.17) is 9.47 Å². The number of amides is 1. The molecule has 144 valence electrons. The summed E-state index contributed by atoms with van der Waals surface area (Å²) in [6, 6.07) is 3.40. The van der Waals surface area contributed by atoms with Crippen molar-refractivity contribution in [1.82, 2.24) is 9.47 Å². The van der Waals surface area contributed by atoms with Gasteiger partial charge in [-0.3, -0.25) is 9.59 Å². The molecule has 0 unspecified atom stereocenters. The zero-order chi connectivity index (χ0) is 19.5. The minimum atomic E-state index is -0.598. The molecule has 0 N–H and O–H groups in total. The molecular weight excluding hydrogens is 336 g/mol. The summed E-state index contributed by atoms with van der Waals surface area (Å²) < 4.78 is 12.1. The summed E-state index contributed by atoms with van der Waals surface area (Å²) in [6.45, 7) is 8.11. The fourth-order valence-corrected chi connectivity index (χ4v) is 3.13. The number of hydrogen-bond acceptors (Lipinski definition) is 5. The van der Waals surface area contributed by atoms with Crippen LogP contribution in [0.5, 0.6) is 0 Å². The lowest BCUT2D eigenvalue weighted by Crippen LogP contribution is -2.48. The van der Waals surface area contributed by atoms with Crippen LogP contribution in [0.15, 0.2) is 23.1 Å². The van der Waals surface area contributed by atoms with Crippen LogP contribution >= 0.6 is 0 Å². The van der Waals surface area contributed by atoms with Gasteiger partial charge in [0.2, 0.25) is 0 Å².